The van der Waals surface area contributed by atoms with Crippen molar-refractivity contribution in [2.45, 2.75) is 25.9 Å². The van der Waals surface area contributed by atoms with E-state index in [1.807, 2.05) is 24.3 Å². The second-order valence-electron chi connectivity index (χ2n) is 7.71. The van der Waals surface area contributed by atoms with Crippen molar-refractivity contribution in [2.24, 2.45) is 0 Å². The van der Waals surface area contributed by atoms with Gasteiger partial charge in [-0.3, -0.25) is 9.69 Å². The Kier molecular flexibility index (Phi) is 10.8. The highest BCUT2D eigenvalue weighted by Crippen LogP contribution is 2.30. The van der Waals surface area contributed by atoms with Crippen LogP contribution in [-0.2, 0) is 9.59 Å². The predicted octanol–water partition coefficient (Wildman–Crippen LogP) is 2.98. The van der Waals surface area contributed by atoms with Crippen LogP contribution in [0.15, 0.2) is 42.5 Å². The van der Waals surface area contributed by atoms with Crippen LogP contribution in [0.4, 0.5) is 0 Å². The number of methoxy groups -OCH3 is 2. The van der Waals surface area contributed by atoms with Gasteiger partial charge in [0.2, 0.25) is 0 Å². The summed E-state index contributed by atoms with van der Waals surface area (Å²) in [5.41, 5.74) is 0.618. The second kappa shape index (κ2) is 13.8. The summed E-state index contributed by atoms with van der Waals surface area (Å²) >= 11 is 0. The average Bonchev–Trinajstić information content (AvgIpc) is 3.29. The molecular formula is C25H31NO9. The van der Waals surface area contributed by atoms with Crippen molar-refractivity contribution in [2.75, 3.05) is 40.5 Å². The fraction of sp³-hybridized carbons (Fsp3) is 0.400. The number of carboxylic acids is 2. The van der Waals surface area contributed by atoms with Crippen LogP contribution in [0.3, 0.4) is 0 Å². The molecule has 10 heteroatoms. The van der Waals surface area contributed by atoms with Crippen molar-refractivity contribution in [3.05, 3.63) is 48.0 Å². The highest BCUT2D eigenvalue weighted by molar-refractivity contribution is 6.27. The molecule has 2 N–H and O–H groups in total. The van der Waals surface area contributed by atoms with E-state index in [0.29, 0.717) is 23.7 Å². The summed E-state index contributed by atoms with van der Waals surface area (Å²) in [6.45, 7) is 4.98. The summed E-state index contributed by atoms with van der Waals surface area (Å²) in [4.78, 5) is 32.1. The standard InChI is InChI=1S/C23H29NO5.C2H2O4/c1-17(25)18-9-10-21(23(15-18)27-3)28-14-6-12-24-13-11-19(16-24)29-22-8-5-4-7-20(22)26-2;3-1(4)2(5)6/h4-5,7-10,15,19H,6,11-14,16H2,1-3H3;(H,3,4)(H,5,6). The third-order valence-corrected chi connectivity index (χ3v) is 5.22. The van der Waals surface area contributed by atoms with Crippen molar-refractivity contribution in [1.82, 2.24) is 4.90 Å². The fourth-order valence-electron chi connectivity index (χ4n) is 3.47. The van der Waals surface area contributed by atoms with E-state index in [1.54, 1.807) is 32.4 Å². The van der Waals surface area contributed by atoms with Gasteiger partial charge in [-0.1, -0.05) is 12.1 Å². The molecule has 0 amide bonds. The molecule has 1 fully saturated rings. The number of likely N-dealkylation sites (tertiary alicyclic amines) is 1. The maximum absolute atomic E-state index is 11.5. The Labute approximate surface area is 204 Å². The topological polar surface area (TPSA) is 132 Å². The number of rotatable bonds is 10. The zero-order valence-electron chi connectivity index (χ0n) is 20.1. The van der Waals surface area contributed by atoms with E-state index in [9.17, 15) is 4.79 Å². The van der Waals surface area contributed by atoms with Crippen LogP contribution < -0.4 is 18.9 Å². The number of aliphatic carboxylic acids is 2. The predicted molar refractivity (Wildman–Crippen MR) is 127 cm³/mol. The van der Waals surface area contributed by atoms with Crippen LogP contribution in [0.25, 0.3) is 0 Å². The van der Waals surface area contributed by atoms with Crippen molar-refractivity contribution >= 4 is 17.7 Å². The van der Waals surface area contributed by atoms with Crippen LogP contribution in [0, 0.1) is 0 Å². The van der Waals surface area contributed by atoms with Gasteiger partial charge in [0.1, 0.15) is 6.10 Å². The smallest absolute Gasteiger partial charge is 0.414 e. The summed E-state index contributed by atoms with van der Waals surface area (Å²) in [7, 11) is 3.24. The fourth-order valence-corrected chi connectivity index (χ4v) is 3.47. The number of carbonyl (C=O) groups is 3. The number of nitrogens with zero attached hydrogens (tertiary/aromatic N) is 1. The summed E-state index contributed by atoms with van der Waals surface area (Å²) in [5.74, 6) is -0.824. The van der Waals surface area contributed by atoms with Gasteiger partial charge in [0.15, 0.2) is 28.8 Å². The van der Waals surface area contributed by atoms with E-state index in [1.165, 1.54) is 6.92 Å². The van der Waals surface area contributed by atoms with Crippen molar-refractivity contribution in [1.29, 1.82) is 0 Å². The van der Waals surface area contributed by atoms with E-state index in [-0.39, 0.29) is 11.9 Å². The zero-order chi connectivity index (χ0) is 25.8. The third-order valence-electron chi connectivity index (χ3n) is 5.22. The summed E-state index contributed by atoms with van der Waals surface area (Å²) in [6, 6.07) is 13.0. The molecule has 1 atom stereocenters. The number of benzene rings is 2. The molecule has 1 aliphatic rings. The monoisotopic (exact) mass is 489 g/mol. The second-order valence-corrected chi connectivity index (χ2v) is 7.71. The molecule has 2 aromatic carbocycles. The van der Waals surface area contributed by atoms with Gasteiger partial charge in [-0.05, 0) is 50.1 Å². The van der Waals surface area contributed by atoms with Crippen LogP contribution in [-0.4, -0.2) is 79.4 Å². The van der Waals surface area contributed by atoms with Gasteiger partial charge in [0.25, 0.3) is 0 Å². The van der Waals surface area contributed by atoms with Crippen molar-refractivity contribution in [3.63, 3.8) is 0 Å². The maximum atomic E-state index is 11.5. The lowest BCUT2D eigenvalue weighted by Crippen LogP contribution is -2.26. The van der Waals surface area contributed by atoms with Gasteiger partial charge < -0.3 is 29.2 Å². The molecule has 1 saturated heterocycles. The molecule has 0 bridgehead atoms. The SMILES string of the molecule is COc1cc(C(C)=O)ccc1OCCCN1CCC(Oc2ccccc2OC)C1.O=C(O)C(=O)O. The number of hydrogen-bond acceptors (Lipinski definition) is 8. The number of ketones is 1. The van der Waals surface area contributed by atoms with Gasteiger partial charge in [-0.25, -0.2) is 9.59 Å². The third kappa shape index (κ3) is 8.82. The Morgan fingerprint density at radius 1 is 0.943 bits per heavy atom. The van der Waals surface area contributed by atoms with E-state index in [0.717, 1.165) is 44.0 Å². The quantitative estimate of drug-likeness (QED) is 0.292. The highest BCUT2D eigenvalue weighted by atomic mass is 16.5. The van der Waals surface area contributed by atoms with E-state index in [4.69, 9.17) is 38.7 Å². The summed E-state index contributed by atoms with van der Waals surface area (Å²) in [6.07, 6.45) is 2.07. The molecule has 35 heavy (non-hydrogen) atoms. The lowest BCUT2D eigenvalue weighted by molar-refractivity contribution is -0.159. The Balaban J connectivity index is 0.000000641. The molecule has 0 aliphatic carbocycles. The lowest BCUT2D eigenvalue weighted by atomic mass is 10.1. The first-order valence-corrected chi connectivity index (χ1v) is 11.0. The highest BCUT2D eigenvalue weighted by Gasteiger charge is 2.24. The molecular weight excluding hydrogens is 458 g/mol. The Morgan fingerprint density at radius 3 is 2.20 bits per heavy atom. The molecule has 10 nitrogen and oxygen atoms in total. The molecule has 0 aromatic heterocycles. The molecule has 0 spiro atoms. The van der Waals surface area contributed by atoms with Gasteiger partial charge in [0.05, 0.1) is 20.8 Å². The normalized spacial score (nSPS) is 14.9. The summed E-state index contributed by atoms with van der Waals surface area (Å²) < 4.78 is 22.7. The molecule has 190 valence electrons. The first-order chi connectivity index (χ1) is 16.7. The average molecular weight is 490 g/mol. The van der Waals surface area contributed by atoms with Crippen molar-refractivity contribution in [3.8, 4) is 23.0 Å². The number of Topliss-reactive ketones (excluding diaryl/α,β-unsaturated/α-hetero) is 1. The molecule has 3 rings (SSSR count). The number of hydrogen-bond donors (Lipinski definition) is 2. The zero-order valence-corrected chi connectivity index (χ0v) is 20.1. The number of carboxylic acid groups (broad SMARTS) is 2. The Bertz CT molecular complexity index is 996. The number of para-hydroxylation sites is 2. The van der Waals surface area contributed by atoms with Crippen LogP contribution in [0.5, 0.6) is 23.0 Å². The Hall–Kier alpha value is -3.79. The van der Waals surface area contributed by atoms with Gasteiger partial charge in [-0.15, -0.1) is 0 Å². The summed E-state index contributed by atoms with van der Waals surface area (Å²) in [5, 5.41) is 14.8. The first-order valence-electron chi connectivity index (χ1n) is 11.0. The molecule has 1 aliphatic heterocycles. The maximum Gasteiger partial charge on any atom is 0.414 e. The largest absolute Gasteiger partial charge is 0.493 e. The Morgan fingerprint density at radius 2 is 1.60 bits per heavy atom. The molecule has 2 aromatic rings. The van der Waals surface area contributed by atoms with Gasteiger partial charge in [-0.2, -0.15) is 0 Å². The van der Waals surface area contributed by atoms with Gasteiger partial charge in [0, 0.05) is 25.2 Å². The van der Waals surface area contributed by atoms with E-state index < -0.39 is 11.9 Å². The van der Waals surface area contributed by atoms with E-state index in [2.05, 4.69) is 4.90 Å². The minimum atomic E-state index is -1.82. The van der Waals surface area contributed by atoms with Crippen LogP contribution in [0.1, 0.15) is 30.1 Å². The van der Waals surface area contributed by atoms with Crippen LogP contribution >= 0.6 is 0 Å². The number of ether oxygens (including phenoxy) is 4. The first kappa shape index (κ1) is 27.5. The minimum Gasteiger partial charge on any atom is -0.493 e. The molecule has 0 radical (unpaired) electrons. The number of carbonyl (C=O) groups excluding carboxylic acids is 1. The lowest BCUT2D eigenvalue weighted by Gasteiger charge is -2.18. The molecule has 0 saturated carbocycles. The molecule has 1 heterocycles. The molecule has 1 unspecified atom stereocenters. The van der Waals surface area contributed by atoms with Crippen LogP contribution in [0.2, 0.25) is 0 Å². The minimum absolute atomic E-state index is 0.00813. The van der Waals surface area contributed by atoms with Gasteiger partial charge >= 0.3 is 11.9 Å². The van der Waals surface area contributed by atoms with E-state index >= 15 is 0 Å². The van der Waals surface area contributed by atoms with Crippen molar-refractivity contribution < 1.29 is 43.5 Å².